The van der Waals surface area contributed by atoms with Crippen molar-refractivity contribution in [3.63, 3.8) is 0 Å². The van der Waals surface area contributed by atoms with E-state index in [2.05, 4.69) is 27.3 Å². The molecule has 0 saturated carbocycles. The standard InChI is InChI=1S/C12H26N4O/c1-14-6-8-16(9-7-14)13-10-12(17)11-15-4-2-3-5-15/h12-13,17H,2-11H2,1H3. The Bertz CT molecular complexity index is 213. The fourth-order valence-corrected chi connectivity index (χ4v) is 2.53. The summed E-state index contributed by atoms with van der Waals surface area (Å²) in [6.45, 7) is 8.13. The summed E-state index contributed by atoms with van der Waals surface area (Å²) in [5, 5.41) is 12.2. The summed E-state index contributed by atoms with van der Waals surface area (Å²) in [5.74, 6) is 0. The zero-order chi connectivity index (χ0) is 12.1. The average Bonchev–Trinajstić information content (AvgIpc) is 2.81. The van der Waals surface area contributed by atoms with Crippen molar-refractivity contribution < 1.29 is 5.11 Å². The Morgan fingerprint density at radius 3 is 2.35 bits per heavy atom. The van der Waals surface area contributed by atoms with Gasteiger partial charge < -0.3 is 14.9 Å². The third-order valence-electron chi connectivity index (χ3n) is 3.72. The van der Waals surface area contributed by atoms with Crippen LogP contribution in [0.2, 0.25) is 0 Å². The highest BCUT2D eigenvalue weighted by Gasteiger charge is 2.17. The van der Waals surface area contributed by atoms with Crippen LogP contribution in [0.5, 0.6) is 0 Å². The molecule has 0 aromatic rings. The predicted molar refractivity (Wildman–Crippen MR) is 68.8 cm³/mol. The van der Waals surface area contributed by atoms with Crippen LogP contribution in [-0.2, 0) is 0 Å². The number of piperazine rings is 1. The van der Waals surface area contributed by atoms with Crippen LogP contribution in [0.4, 0.5) is 0 Å². The van der Waals surface area contributed by atoms with Gasteiger partial charge in [0, 0.05) is 39.3 Å². The van der Waals surface area contributed by atoms with Gasteiger partial charge in [-0.1, -0.05) is 0 Å². The van der Waals surface area contributed by atoms with Crippen molar-refractivity contribution in [3.8, 4) is 0 Å². The van der Waals surface area contributed by atoms with Crippen LogP contribution in [0.1, 0.15) is 12.8 Å². The van der Waals surface area contributed by atoms with Gasteiger partial charge in [-0.2, -0.15) is 0 Å². The van der Waals surface area contributed by atoms with Crippen LogP contribution in [0.3, 0.4) is 0 Å². The van der Waals surface area contributed by atoms with Crippen molar-refractivity contribution in [1.29, 1.82) is 0 Å². The molecule has 1 atom stereocenters. The maximum absolute atomic E-state index is 9.95. The zero-order valence-corrected chi connectivity index (χ0v) is 10.9. The molecule has 2 aliphatic rings. The largest absolute Gasteiger partial charge is 0.390 e. The molecule has 1 unspecified atom stereocenters. The van der Waals surface area contributed by atoms with E-state index in [0.29, 0.717) is 6.54 Å². The quantitative estimate of drug-likeness (QED) is 0.660. The molecule has 0 aromatic carbocycles. The summed E-state index contributed by atoms with van der Waals surface area (Å²) in [7, 11) is 2.15. The number of nitrogens with zero attached hydrogens (tertiary/aromatic N) is 3. The Kier molecular flexibility index (Phi) is 5.18. The second-order valence-electron chi connectivity index (χ2n) is 5.31. The van der Waals surface area contributed by atoms with Crippen LogP contribution in [-0.4, -0.2) is 85.4 Å². The summed E-state index contributed by atoms with van der Waals surface area (Å²) in [6, 6.07) is 0. The first-order valence-electron chi connectivity index (χ1n) is 6.81. The lowest BCUT2D eigenvalue weighted by atomic mass is 10.3. The molecule has 2 rings (SSSR count). The van der Waals surface area contributed by atoms with E-state index in [1.165, 1.54) is 12.8 Å². The summed E-state index contributed by atoms with van der Waals surface area (Å²) in [5.41, 5.74) is 3.35. The molecular formula is C12H26N4O. The lowest BCUT2D eigenvalue weighted by Crippen LogP contribution is -2.53. The number of aliphatic hydroxyl groups is 1. The van der Waals surface area contributed by atoms with Crippen molar-refractivity contribution in [2.45, 2.75) is 18.9 Å². The van der Waals surface area contributed by atoms with Crippen molar-refractivity contribution >= 4 is 0 Å². The predicted octanol–water partition coefficient (Wildman–Crippen LogP) is -0.805. The number of hydrogen-bond donors (Lipinski definition) is 2. The first-order valence-corrected chi connectivity index (χ1v) is 6.81. The zero-order valence-electron chi connectivity index (χ0n) is 10.9. The molecule has 17 heavy (non-hydrogen) atoms. The Morgan fingerprint density at radius 2 is 1.71 bits per heavy atom. The lowest BCUT2D eigenvalue weighted by Gasteiger charge is -2.33. The molecular weight excluding hydrogens is 216 g/mol. The molecule has 5 nitrogen and oxygen atoms in total. The highest BCUT2D eigenvalue weighted by Crippen LogP contribution is 2.07. The maximum atomic E-state index is 9.95. The highest BCUT2D eigenvalue weighted by atomic mass is 16.3. The third-order valence-corrected chi connectivity index (χ3v) is 3.72. The number of rotatable bonds is 5. The van der Waals surface area contributed by atoms with Gasteiger partial charge in [-0.3, -0.25) is 5.43 Å². The molecule has 100 valence electrons. The number of likely N-dealkylation sites (N-methyl/N-ethyl adjacent to an activating group) is 1. The maximum Gasteiger partial charge on any atom is 0.0805 e. The molecule has 0 amide bonds. The van der Waals surface area contributed by atoms with Crippen LogP contribution in [0, 0.1) is 0 Å². The van der Waals surface area contributed by atoms with Gasteiger partial charge >= 0.3 is 0 Å². The minimum atomic E-state index is -0.243. The summed E-state index contributed by atoms with van der Waals surface area (Å²) in [6.07, 6.45) is 2.34. The van der Waals surface area contributed by atoms with E-state index >= 15 is 0 Å². The van der Waals surface area contributed by atoms with E-state index in [9.17, 15) is 5.11 Å². The fraction of sp³-hybridized carbons (Fsp3) is 1.00. The van der Waals surface area contributed by atoms with Gasteiger partial charge in [-0.15, -0.1) is 0 Å². The smallest absolute Gasteiger partial charge is 0.0805 e. The lowest BCUT2D eigenvalue weighted by molar-refractivity contribution is 0.0620. The Balaban J connectivity index is 1.57. The van der Waals surface area contributed by atoms with E-state index in [4.69, 9.17) is 0 Å². The number of nitrogens with one attached hydrogen (secondary N) is 1. The normalized spacial score (nSPS) is 26.5. The van der Waals surface area contributed by atoms with Crippen molar-refractivity contribution in [2.75, 3.05) is 59.4 Å². The Morgan fingerprint density at radius 1 is 1.06 bits per heavy atom. The average molecular weight is 242 g/mol. The monoisotopic (exact) mass is 242 g/mol. The van der Waals surface area contributed by atoms with Gasteiger partial charge in [0.2, 0.25) is 0 Å². The SMILES string of the molecule is CN1CCN(NCC(O)CN2CCCC2)CC1. The van der Waals surface area contributed by atoms with E-state index in [1.807, 2.05) is 0 Å². The number of aliphatic hydroxyl groups excluding tert-OH is 1. The molecule has 2 N–H and O–H groups in total. The molecule has 5 heteroatoms. The second kappa shape index (κ2) is 6.66. The topological polar surface area (TPSA) is 42.0 Å². The molecule has 2 heterocycles. The van der Waals surface area contributed by atoms with Gasteiger partial charge in [0.1, 0.15) is 0 Å². The fourth-order valence-electron chi connectivity index (χ4n) is 2.53. The van der Waals surface area contributed by atoms with E-state index in [-0.39, 0.29) is 6.10 Å². The molecule has 0 bridgehead atoms. The molecule has 2 aliphatic heterocycles. The van der Waals surface area contributed by atoms with Gasteiger partial charge in [-0.05, 0) is 33.0 Å². The van der Waals surface area contributed by atoms with Crippen LogP contribution >= 0.6 is 0 Å². The van der Waals surface area contributed by atoms with Gasteiger partial charge in [0.15, 0.2) is 0 Å². The number of likely N-dealkylation sites (tertiary alicyclic amines) is 1. The minimum absolute atomic E-state index is 0.243. The van der Waals surface area contributed by atoms with E-state index in [0.717, 1.165) is 45.8 Å². The first kappa shape index (κ1) is 13.2. The second-order valence-corrected chi connectivity index (χ2v) is 5.31. The molecule has 0 aliphatic carbocycles. The van der Waals surface area contributed by atoms with Gasteiger partial charge in [0.25, 0.3) is 0 Å². The molecule has 2 saturated heterocycles. The van der Waals surface area contributed by atoms with Crippen LogP contribution in [0.15, 0.2) is 0 Å². The van der Waals surface area contributed by atoms with Gasteiger partial charge in [-0.25, -0.2) is 5.01 Å². The van der Waals surface area contributed by atoms with Gasteiger partial charge in [0.05, 0.1) is 6.10 Å². The van der Waals surface area contributed by atoms with Crippen molar-refractivity contribution in [1.82, 2.24) is 20.2 Å². The molecule has 0 spiro atoms. The van der Waals surface area contributed by atoms with Crippen molar-refractivity contribution in [3.05, 3.63) is 0 Å². The van der Waals surface area contributed by atoms with E-state index < -0.39 is 0 Å². The van der Waals surface area contributed by atoms with E-state index in [1.54, 1.807) is 0 Å². The summed E-state index contributed by atoms with van der Waals surface area (Å²) in [4.78, 5) is 4.69. The third kappa shape index (κ3) is 4.52. The molecule has 0 aromatic heterocycles. The minimum Gasteiger partial charge on any atom is -0.390 e. The Labute approximate surface area is 104 Å². The molecule has 0 radical (unpaired) electrons. The number of hydrogen-bond acceptors (Lipinski definition) is 5. The highest BCUT2D eigenvalue weighted by molar-refractivity contribution is 4.72. The van der Waals surface area contributed by atoms with Crippen LogP contribution < -0.4 is 5.43 Å². The molecule has 2 fully saturated rings. The number of hydrazine groups is 1. The number of β-amino-alcohol motifs (C(OH)–C–C–N with tert-alkyl or cyclic N) is 1. The van der Waals surface area contributed by atoms with Crippen LogP contribution in [0.25, 0.3) is 0 Å². The Hall–Kier alpha value is -0.200. The first-order chi connectivity index (χ1) is 8.24. The van der Waals surface area contributed by atoms with Crippen molar-refractivity contribution in [2.24, 2.45) is 0 Å². The summed E-state index contributed by atoms with van der Waals surface area (Å²) >= 11 is 0. The summed E-state index contributed by atoms with van der Waals surface area (Å²) < 4.78 is 0.